The molecule has 22 heavy (non-hydrogen) atoms. The summed E-state index contributed by atoms with van der Waals surface area (Å²) >= 11 is 0. The molecule has 7 heteroatoms. The van der Waals surface area contributed by atoms with Crippen molar-refractivity contribution < 1.29 is 9.90 Å². The average molecular weight is 309 g/mol. The zero-order chi connectivity index (χ0) is 16.3. The zero-order valence-electron chi connectivity index (χ0n) is 13.9. The molecule has 1 aromatic heterocycles. The first-order valence-corrected chi connectivity index (χ1v) is 7.72. The molecule has 1 aliphatic rings. The van der Waals surface area contributed by atoms with Crippen LogP contribution in [0, 0.1) is 0 Å². The van der Waals surface area contributed by atoms with E-state index in [0.717, 1.165) is 31.6 Å². The molecule has 0 aromatic carbocycles. The van der Waals surface area contributed by atoms with Crippen molar-refractivity contribution in [2.24, 2.45) is 7.05 Å². The van der Waals surface area contributed by atoms with Crippen LogP contribution in [0.2, 0.25) is 0 Å². The number of hydrogen-bond acceptors (Lipinski definition) is 4. The smallest absolute Gasteiger partial charge is 0.317 e. The Morgan fingerprint density at radius 1 is 1.59 bits per heavy atom. The quantitative estimate of drug-likeness (QED) is 0.863. The fourth-order valence-corrected chi connectivity index (χ4v) is 2.84. The van der Waals surface area contributed by atoms with Crippen LogP contribution in [0.15, 0.2) is 12.4 Å². The molecule has 0 aliphatic carbocycles. The largest absolute Gasteiger partial charge is 0.389 e. The predicted molar refractivity (Wildman–Crippen MR) is 85.9 cm³/mol. The topological polar surface area (TPSA) is 73.6 Å². The summed E-state index contributed by atoms with van der Waals surface area (Å²) in [6.07, 6.45) is 5.85. The van der Waals surface area contributed by atoms with Crippen LogP contribution < -0.4 is 10.2 Å². The number of nitrogens with zero attached hydrogens (tertiary/aromatic N) is 4. The minimum Gasteiger partial charge on any atom is -0.389 e. The second-order valence-corrected chi connectivity index (χ2v) is 6.78. The molecule has 1 fully saturated rings. The summed E-state index contributed by atoms with van der Waals surface area (Å²) < 4.78 is 1.79. The third-order valence-electron chi connectivity index (χ3n) is 3.78. The van der Waals surface area contributed by atoms with Gasteiger partial charge in [-0.05, 0) is 26.7 Å². The maximum atomic E-state index is 12.2. The molecule has 1 unspecified atom stereocenters. The van der Waals surface area contributed by atoms with E-state index in [1.807, 2.05) is 19.4 Å². The maximum Gasteiger partial charge on any atom is 0.317 e. The summed E-state index contributed by atoms with van der Waals surface area (Å²) in [6.45, 7) is 5.46. The first-order chi connectivity index (χ1) is 10.2. The third kappa shape index (κ3) is 4.62. The first-order valence-electron chi connectivity index (χ1n) is 7.72. The number of carbonyl (C=O) groups excluding carboxylic acids is 1. The molecule has 0 radical (unpaired) electrons. The molecule has 7 nitrogen and oxygen atoms in total. The van der Waals surface area contributed by atoms with Crippen molar-refractivity contribution >= 4 is 11.7 Å². The highest BCUT2D eigenvalue weighted by Crippen LogP contribution is 2.19. The van der Waals surface area contributed by atoms with Gasteiger partial charge in [-0.1, -0.05) is 0 Å². The summed E-state index contributed by atoms with van der Waals surface area (Å²) in [4.78, 5) is 16.0. The van der Waals surface area contributed by atoms with Crippen molar-refractivity contribution in [1.82, 2.24) is 20.0 Å². The number of aryl methyl sites for hydroxylation is 1. The van der Waals surface area contributed by atoms with E-state index in [0.29, 0.717) is 6.54 Å². The summed E-state index contributed by atoms with van der Waals surface area (Å²) in [5.74, 6) is 0. The lowest BCUT2D eigenvalue weighted by molar-refractivity contribution is 0.0527. The van der Waals surface area contributed by atoms with E-state index in [4.69, 9.17) is 0 Å². The number of piperidine rings is 1. The molecule has 0 bridgehead atoms. The number of urea groups is 1. The van der Waals surface area contributed by atoms with Crippen LogP contribution in [0.3, 0.4) is 0 Å². The number of aromatic nitrogens is 2. The van der Waals surface area contributed by atoms with Crippen LogP contribution in [0.5, 0.6) is 0 Å². The number of amides is 2. The fourth-order valence-electron chi connectivity index (χ4n) is 2.84. The highest BCUT2D eigenvalue weighted by atomic mass is 16.3. The molecule has 0 spiro atoms. The summed E-state index contributed by atoms with van der Waals surface area (Å²) in [5.41, 5.74) is 0.201. The molecule has 1 aliphatic heterocycles. The van der Waals surface area contributed by atoms with Crippen molar-refractivity contribution in [2.75, 3.05) is 31.6 Å². The van der Waals surface area contributed by atoms with Crippen LogP contribution in [-0.2, 0) is 7.05 Å². The van der Waals surface area contributed by atoms with Crippen LogP contribution in [0.4, 0.5) is 10.5 Å². The number of nitrogens with one attached hydrogen (secondary N) is 1. The van der Waals surface area contributed by atoms with Gasteiger partial charge in [0.25, 0.3) is 0 Å². The van der Waals surface area contributed by atoms with Gasteiger partial charge < -0.3 is 20.2 Å². The Morgan fingerprint density at radius 3 is 2.91 bits per heavy atom. The molecule has 0 saturated carbocycles. The van der Waals surface area contributed by atoms with Crippen molar-refractivity contribution in [3.63, 3.8) is 0 Å². The van der Waals surface area contributed by atoms with E-state index >= 15 is 0 Å². The van der Waals surface area contributed by atoms with E-state index in [9.17, 15) is 9.90 Å². The Hall–Kier alpha value is -1.76. The van der Waals surface area contributed by atoms with Crippen LogP contribution in [-0.4, -0.2) is 64.1 Å². The first kappa shape index (κ1) is 16.6. The monoisotopic (exact) mass is 309 g/mol. The van der Waals surface area contributed by atoms with Crippen LogP contribution >= 0.6 is 0 Å². The second kappa shape index (κ2) is 6.56. The van der Waals surface area contributed by atoms with Gasteiger partial charge in [0.2, 0.25) is 0 Å². The lowest BCUT2D eigenvalue weighted by Crippen LogP contribution is -2.52. The SMILES string of the molecule is CN(CC(C)(C)O)C(=O)NC1CCCN(c2cnn(C)c2)C1. The Labute approximate surface area is 131 Å². The van der Waals surface area contributed by atoms with Gasteiger partial charge in [0.1, 0.15) is 0 Å². The van der Waals surface area contributed by atoms with E-state index in [-0.39, 0.29) is 12.1 Å². The Kier molecular flexibility index (Phi) is 4.95. The predicted octanol–water partition coefficient (Wildman–Crippen LogP) is 0.801. The minimum atomic E-state index is -0.888. The van der Waals surface area contributed by atoms with Gasteiger partial charge in [-0.3, -0.25) is 4.68 Å². The summed E-state index contributed by atoms with van der Waals surface area (Å²) in [6, 6.07) is -0.0223. The molecule has 2 amide bonds. The molecule has 2 rings (SSSR count). The second-order valence-electron chi connectivity index (χ2n) is 6.78. The van der Waals surface area contributed by atoms with Gasteiger partial charge in [0.05, 0.1) is 24.0 Å². The number of likely N-dealkylation sites (N-methyl/N-ethyl adjacent to an activating group) is 1. The Morgan fingerprint density at radius 2 is 2.32 bits per heavy atom. The fraction of sp³-hybridized carbons (Fsp3) is 0.733. The Balaban J connectivity index is 1.88. The standard InChI is InChI=1S/C15H27N5O2/c1-15(2,22)11-18(3)14(21)17-12-6-5-7-20(9-12)13-8-16-19(4)10-13/h8,10,12,22H,5-7,9,11H2,1-4H3,(H,17,21). The molecule has 1 atom stereocenters. The summed E-state index contributed by atoms with van der Waals surface area (Å²) in [7, 11) is 3.60. The van der Waals surface area contributed by atoms with Crippen molar-refractivity contribution in [1.29, 1.82) is 0 Å². The molecule has 1 aromatic rings. The molecule has 2 heterocycles. The van der Waals surface area contributed by atoms with Gasteiger partial charge >= 0.3 is 6.03 Å². The molecular weight excluding hydrogens is 282 g/mol. The molecule has 1 saturated heterocycles. The lowest BCUT2D eigenvalue weighted by Gasteiger charge is -2.35. The number of rotatable bonds is 4. The number of aliphatic hydroxyl groups is 1. The van der Waals surface area contributed by atoms with E-state index in [2.05, 4.69) is 15.3 Å². The van der Waals surface area contributed by atoms with E-state index in [1.165, 1.54) is 4.90 Å². The zero-order valence-corrected chi connectivity index (χ0v) is 13.9. The maximum absolute atomic E-state index is 12.2. The van der Waals surface area contributed by atoms with Gasteiger partial charge in [0, 0.05) is 39.4 Å². The molecule has 124 valence electrons. The van der Waals surface area contributed by atoms with Crippen molar-refractivity contribution in [2.45, 2.75) is 38.3 Å². The third-order valence-corrected chi connectivity index (χ3v) is 3.78. The van der Waals surface area contributed by atoms with Crippen LogP contribution in [0.25, 0.3) is 0 Å². The van der Waals surface area contributed by atoms with Crippen molar-refractivity contribution in [3.8, 4) is 0 Å². The minimum absolute atomic E-state index is 0.116. The number of anilines is 1. The average Bonchev–Trinajstić information content (AvgIpc) is 2.84. The van der Waals surface area contributed by atoms with Gasteiger partial charge in [-0.2, -0.15) is 5.10 Å². The molecule has 2 N–H and O–H groups in total. The van der Waals surface area contributed by atoms with Gasteiger partial charge in [0.15, 0.2) is 0 Å². The number of hydrogen-bond donors (Lipinski definition) is 2. The summed E-state index contributed by atoms with van der Waals surface area (Å²) in [5, 5.41) is 17.0. The van der Waals surface area contributed by atoms with Crippen molar-refractivity contribution in [3.05, 3.63) is 12.4 Å². The van der Waals surface area contributed by atoms with Crippen LogP contribution in [0.1, 0.15) is 26.7 Å². The number of carbonyl (C=O) groups is 1. The molecular formula is C15H27N5O2. The van der Waals surface area contributed by atoms with E-state index in [1.54, 1.807) is 25.6 Å². The van der Waals surface area contributed by atoms with Gasteiger partial charge in [-0.25, -0.2) is 4.79 Å². The van der Waals surface area contributed by atoms with Gasteiger partial charge in [-0.15, -0.1) is 0 Å². The highest BCUT2D eigenvalue weighted by molar-refractivity contribution is 5.74. The Bertz CT molecular complexity index is 508. The normalized spacial score (nSPS) is 19.1. The highest BCUT2D eigenvalue weighted by Gasteiger charge is 2.25. The lowest BCUT2D eigenvalue weighted by atomic mass is 10.1. The van der Waals surface area contributed by atoms with E-state index < -0.39 is 5.60 Å².